The highest BCUT2D eigenvalue weighted by molar-refractivity contribution is 8.00. The van der Waals surface area contributed by atoms with Crippen molar-refractivity contribution in [3.63, 3.8) is 0 Å². The molecular weight excluding hydrogens is 328 g/mol. The van der Waals surface area contributed by atoms with Crippen molar-refractivity contribution in [3.05, 3.63) is 65.0 Å². The molecule has 0 fully saturated rings. The highest BCUT2D eigenvalue weighted by Gasteiger charge is 2.05. The van der Waals surface area contributed by atoms with Crippen LogP contribution in [0.2, 0.25) is 5.02 Å². The summed E-state index contributed by atoms with van der Waals surface area (Å²) in [4.78, 5) is 5.40. The Balaban J connectivity index is 2.03. The van der Waals surface area contributed by atoms with Crippen molar-refractivity contribution in [2.45, 2.75) is 30.4 Å². The van der Waals surface area contributed by atoms with Crippen LogP contribution in [-0.2, 0) is 6.42 Å². The summed E-state index contributed by atoms with van der Waals surface area (Å²) in [5.74, 6) is 0.208. The minimum Gasteiger partial charge on any atom is -0.366 e. The maximum Gasteiger partial charge on any atom is 0.240 e. The van der Waals surface area contributed by atoms with Gasteiger partial charge in [0, 0.05) is 21.6 Å². The summed E-state index contributed by atoms with van der Waals surface area (Å²) in [6, 6.07) is 7.85. The largest absolute Gasteiger partial charge is 0.366 e. The summed E-state index contributed by atoms with van der Waals surface area (Å²) in [6.45, 7) is 3.90. The molecule has 1 aromatic heterocycles. The number of benzene rings is 1. The predicted molar refractivity (Wildman–Crippen MR) is 97.7 cm³/mol. The molecule has 23 heavy (non-hydrogen) atoms. The maximum absolute atomic E-state index is 5.92. The van der Waals surface area contributed by atoms with Gasteiger partial charge in [-0.05, 0) is 38.1 Å². The molecular formula is C17H19ClN4S. The minimum atomic E-state index is 0.208. The van der Waals surface area contributed by atoms with E-state index in [0.29, 0.717) is 6.42 Å². The fourth-order valence-corrected chi connectivity index (χ4v) is 3.09. The fourth-order valence-electron chi connectivity index (χ4n) is 1.94. The van der Waals surface area contributed by atoms with E-state index in [-0.39, 0.29) is 11.2 Å². The Morgan fingerprint density at radius 1 is 1.22 bits per heavy atom. The summed E-state index contributed by atoms with van der Waals surface area (Å²) < 4.78 is 0. The monoisotopic (exact) mass is 346 g/mol. The Kier molecular flexibility index (Phi) is 6.62. The average molecular weight is 347 g/mol. The number of allylic oxidation sites excluding steroid dienone is 2. The van der Waals surface area contributed by atoms with Crippen LogP contribution in [0.4, 0.5) is 5.95 Å². The van der Waals surface area contributed by atoms with Gasteiger partial charge in [-0.1, -0.05) is 35.9 Å². The third-order valence-electron chi connectivity index (χ3n) is 3.07. The van der Waals surface area contributed by atoms with Crippen molar-refractivity contribution in [1.29, 1.82) is 0 Å². The second kappa shape index (κ2) is 8.70. The number of aromatic nitrogens is 3. The molecule has 1 aromatic carbocycles. The van der Waals surface area contributed by atoms with Gasteiger partial charge in [0.25, 0.3) is 0 Å². The SMILES string of the molecule is C/C=C/C(/C=C/Cc1nc(N)nnc1C)Sc1ccc(Cl)cc1. The first-order chi connectivity index (χ1) is 11.1. The second-order valence-electron chi connectivity index (χ2n) is 4.90. The molecule has 0 saturated heterocycles. The highest BCUT2D eigenvalue weighted by Crippen LogP contribution is 2.26. The Morgan fingerprint density at radius 3 is 2.65 bits per heavy atom. The van der Waals surface area contributed by atoms with Crippen molar-refractivity contribution in [3.8, 4) is 0 Å². The molecule has 1 atom stereocenters. The molecule has 6 heteroatoms. The third kappa shape index (κ3) is 5.69. The lowest BCUT2D eigenvalue weighted by molar-refractivity contribution is 0.889. The van der Waals surface area contributed by atoms with Gasteiger partial charge < -0.3 is 5.73 Å². The Bertz CT molecular complexity index is 698. The summed E-state index contributed by atoms with van der Waals surface area (Å²) in [5.41, 5.74) is 7.24. The van der Waals surface area contributed by atoms with Crippen molar-refractivity contribution >= 4 is 29.3 Å². The van der Waals surface area contributed by atoms with Gasteiger partial charge in [0.05, 0.1) is 11.4 Å². The van der Waals surface area contributed by atoms with E-state index < -0.39 is 0 Å². The van der Waals surface area contributed by atoms with E-state index in [1.54, 1.807) is 11.8 Å². The van der Waals surface area contributed by atoms with E-state index in [1.807, 2.05) is 44.2 Å². The zero-order valence-electron chi connectivity index (χ0n) is 13.1. The van der Waals surface area contributed by atoms with Crippen LogP contribution in [0.5, 0.6) is 0 Å². The molecule has 0 aliphatic rings. The molecule has 0 aliphatic carbocycles. The van der Waals surface area contributed by atoms with Crippen LogP contribution in [-0.4, -0.2) is 20.4 Å². The van der Waals surface area contributed by atoms with Crippen LogP contribution in [0.15, 0.2) is 53.5 Å². The van der Waals surface area contributed by atoms with Gasteiger partial charge in [-0.2, -0.15) is 5.10 Å². The number of nitrogens with two attached hydrogens (primary N) is 1. The van der Waals surface area contributed by atoms with Crippen LogP contribution in [0.1, 0.15) is 18.3 Å². The molecule has 4 nitrogen and oxygen atoms in total. The van der Waals surface area contributed by atoms with Gasteiger partial charge in [0.1, 0.15) is 0 Å². The standard InChI is InChI=1S/C17H19ClN4S/c1-3-5-14(23-15-10-8-13(18)9-11-15)6-4-7-16-12(2)21-22-17(19)20-16/h3-6,8-11,14H,7H2,1-2H3,(H2,19,20,22)/b5-3+,6-4+. The molecule has 0 saturated carbocycles. The minimum absolute atomic E-state index is 0.208. The number of thioether (sulfide) groups is 1. The van der Waals surface area contributed by atoms with Crippen molar-refractivity contribution < 1.29 is 0 Å². The van der Waals surface area contributed by atoms with Crippen LogP contribution in [0, 0.1) is 6.92 Å². The smallest absolute Gasteiger partial charge is 0.240 e. The first kappa shape index (κ1) is 17.5. The van der Waals surface area contributed by atoms with Crippen LogP contribution >= 0.6 is 23.4 Å². The maximum atomic E-state index is 5.92. The molecule has 2 rings (SSSR count). The van der Waals surface area contributed by atoms with Crippen LogP contribution in [0.3, 0.4) is 0 Å². The van der Waals surface area contributed by atoms with Crippen LogP contribution < -0.4 is 5.73 Å². The Labute approximate surface area is 145 Å². The van der Waals surface area contributed by atoms with Crippen LogP contribution in [0.25, 0.3) is 0 Å². The normalized spacial score (nSPS) is 13.0. The van der Waals surface area contributed by atoms with E-state index in [9.17, 15) is 0 Å². The third-order valence-corrected chi connectivity index (χ3v) is 4.46. The summed E-state index contributed by atoms with van der Waals surface area (Å²) in [5, 5.41) is 8.72. The number of aryl methyl sites for hydroxylation is 1. The zero-order chi connectivity index (χ0) is 16.7. The zero-order valence-corrected chi connectivity index (χ0v) is 14.7. The number of halogens is 1. The van der Waals surface area contributed by atoms with Gasteiger partial charge >= 0.3 is 0 Å². The molecule has 0 aliphatic heterocycles. The molecule has 0 amide bonds. The number of nitrogen functional groups attached to an aromatic ring is 1. The molecule has 1 unspecified atom stereocenters. The highest BCUT2D eigenvalue weighted by atomic mass is 35.5. The van der Waals surface area contributed by atoms with Gasteiger partial charge in [-0.25, -0.2) is 4.98 Å². The van der Waals surface area contributed by atoms with E-state index in [4.69, 9.17) is 17.3 Å². The lowest BCUT2D eigenvalue weighted by Gasteiger charge is -2.08. The van der Waals surface area contributed by atoms with E-state index in [0.717, 1.165) is 16.4 Å². The average Bonchev–Trinajstić information content (AvgIpc) is 2.53. The quantitative estimate of drug-likeness (QED) is 0.625. The van der Waals surface area contributed by atoms with Crippen molar-refractivity contribution in [2.75, 3.05) is 5.73 Å². The molecule has 0 radical (unpaired) electrons. The Morgan fingerprint density at radius 2 is 1.96 bits per heavy atom. The fraction of sp³-hybridized carbons (Fsp3) is 0.235. The van der Waals surface area contributed by atoms with Gasteiger partial charge in [0.15, 0.2) is 0 Å². The lowest BCUT2D eigenvalue weighted by Crippen LogP contribution is -2.04. The molecule has 0 spiro atoms. The van der Waals surface area contributed by atoms with E-state index in [2.05, 4.69) is 33.4 Å². The lowest BCUT2D eigenvalue weighted by atomic mass is 10.2. The van der Waals surface area contributed by atoms with Crippen molar-refractivity contribution in [1.82, 2.24) is 15.2 Å². The molecule has 120 valence electrons. The number of nitrogens with zero attached hydrogens (tertiary/aromatic N) is 3. The first-order valence-electron chi connectivity index (χ1n) is 7.26. The number of hydrogen-bond donors (Lipinski definition) is 1. The topological polar surface area (TPSA) is 64.7 Å². The summed E-state index contributed by atoms with van der Waals surface area (Å²) >= 11 is 7.68. The van der Waals surface area contributed by atoms with Gasteiger partial charge in [0.2, 0.25) is 5.95 Å². The summed E-state index contributed by atoms with van der Waals surface area (Å²) in [7, 11) is 0. The number of hydrogen-bond acceptors (Lipinski definition) is 5. The van der Waals surface area contributed by atoms with E-state index >= 15 is 0 Å². The van der Waals surface area contributed by atoms with Gasteiger partial charge in [-0.3, -0.25) is 0 Å². The molecule has 0 bridgehead atoms. The number of anilines is 1. The Hall–Kier alpha value is -1.85. The second-order valence-corrected chi connectivity index (χ2v) is 6.58. The molecule has 2 N–H and O–H groups in total. The summed E-state index contributed by atoms with van der Waals surface area (Å²) in [6.07, 6.45) is 9.12. The number of rotatable bonds is 6. The predicted octanol–water partition coefficient (Wildman–Crippen LogP) is 4.25. The van der Waals surface area contributed by atoms with E-state index in [1.165, 1.54) is 4.90 Å². The van der Waals surface area contributed by atoms with Gasteiger partial charge in [-0.15, -0.1) is 16.9 Å². The molecule has 2 aromatic rings. The molecule has 1 heterocycles. The van der Waals surface area contributed by atoms with Crippen molar-refractivity contribution in [2.24, 2.45) is 0 Å². The first-order valence-corrected chi connectivity index (χ1v) is 8.51.